The van der Waals surface area contributed by atoms with E-state index in [0.29, 0.717) is 10.7 Å². The van der Waals surface area contributed by atoms with Gasteiger partial charge in [0.1, 0.15) is 0 Å². The monoisotopic (exact) mass is 292 g/mol. The van der Waals surface area contributed by atoms with E-state index >= 15 is 0 Å². The quantitative estimate of drug-likeness (QED) is 0.795. The van der Waals surface area contributed by atoms with Crippen LogP contribution in [-0.2, 0) is 0 Å². The number of H-pyrrole nitrogens is 1. The molecule has 2 rings (SSSR count). The Morgan fingerprint density at radius 2 is 1.95 bits per heavy atom. The molecule has 0 atom stereocenters. The number of carbonyl (C=O) groups is 1. The molecular formula is C14H13ClN2O3. The predicted octanol–water partition coefficient (Wildman–Crippen LogP) is 2.60. The number of anilines is 1. The minimum absolute atomic E-state index is 0.0577. The number of aromatic amines is 1. The number of carbonyl (C=O) groups excluding carboxylic acids is 1. The topological polar surface area (TPSA) is 82.2 Å². The number of rotatable bonds is 2. The lowest BCUT2D eigenvalue weighted by molar-refractivity contribution is 0.102. The zero-order valence-corrected chi connectivity index (χ0v) is 11.7. The Kier molecular flexibility index (Phi) is 3.81. The largest absolute Gasteiger partial charge is 0.494 e. The summed E-state index contributed by atoms with van der Waals surface area (Å²) in [6.45, 7) is 3.73. The van der Waals surface area contributed by atoms with Gasteiger partial charge in [0.25, 0.3) is 11.5 Å². The number of nitrogens with one attached hydrogen (secondary N) is 2. The summed E-state index contributed by atoms with van der Waals surface area (Å²) in [6, 6.07) is 5.90. The summed E-state index contributed by atoms with van der Waals surface area (Å²) in [7, 11) is 0. The average molecular weight is 293 g/mol. The van der Waals surface area contributed by atoms with Crippen molar-refractivity contribution in [2.24, 2.45) is 0 Å². The van der Waals surface area contributed by atoms with Gasteiger partial charge in [0.05, 0.1) is 16.3 Å². The summed E-state index contributed by atoms with van der Waals surface area (Å²) >= 11 is 6.10. The van der Waals surface area contributed by atoms with E-state index in [1.165, 1.54) is 6.07 Å². The molecule has 5 nitrogen and oxygen atoms in total. The number of aryl methyl sites for hydroxylation is 2. The van der Waals surface area contributed by atoms with Gasteiger partial charge in [-0.05, 0) is 31.0 Å². The number of pyridine rings is 1. The van der Waals surface area contributed by atoms with Crippen molar-refractivity contribution in [3.05, 3.63) is 56.3 Å². The lowest BCUT2D eigenvalue weighted by Crippen LogP contribution is -2.16. The van der Waals surface area contributed by atoms with Crippen molar-refractivity contribution < 1.29 is 9.90 Å². The van der Waals surface area contributed by atoms with Gasteiger partial charge in [-0.2, -0.15) is 0 Å². The minimum Gasteiger partial charge on any atom is -0.494 e. The van der Waals surface area contributed by atoms with E-state index in [1.807, 2.05) is 19.9 Å². The number of amides is 1. The van der Waals surface area contributed by atoms with Crippen LogP contribution in [-0.4, -0.2) is 16.0 Å². The molecule has 0 radical (unpaired) electrons. The van der Waals surface area contributed by atoms with Crippen molar-refractivity contribution in [1.29, 1.82) is 0 Å². The molecule has 1 aromatic heterocycles. The van der Waals surface area contributed by atoms with Crippen LogP contribution >= 0.6 is 11.6 Å². The van der Waals surface area contributed by atoms with Gasteiger partial charge >= 0.3 is 0 Å². The summed E-state index contributed by atoms with van der Waals surface area (Å²) in [5.41, 5.74) is 1.79. The Labute approximate surface area is 120 Å². The van der Waals surface area contributed by atoms with Crippen LogP contribution in [0.25, 0.3) is 0 Å². The molecule has 2 aromatic rings. The molecule has 104 valence electrons. The maximum Gasteiger partial charge on any atom is 0.256 e. The first kappa shape index (κ1) is 14.1. The minimum atomic E-state index is -0.554. The van der Waals surface area contributed by atoms with Crippen LogP contribution in [0.2, 0.25) is 5.02 Å². The zero-order valence-electron chi connectivity index (χ0n) is 11.0. The van der Waals surface area contributed by atoms with Crippen molar-refractivity contribution in [2.75, 3.05) is 5.32 Å². The molecule has 1 amide bonds. The third kappa shape index (κ3) is 3.00. The van der Waals surface area contributed by atoms with E-state index in [4.69, 9.17) is 11.6 Å². The fourth-order valence-corrected chi connectivity index (χ4v) is 2.29. The standard InChI is InChI=1S/C14H13ClN2O3/c1-7-3-8(2)13(10(15)4-7)17-14(20)9-5-11(18)16-12(19)6-9/h3-6H,1-2H3,(H,17,20)(H2,16,18,19). The number of aromatic nitrogens is 1. The van der Waals surface area contributed by atoms with Gasteiger partial charge in [0.15, 0.2) is 5.88 Å². The van der Waals surface area contributed by atoms with Gasteiger partial charge in [-0.3, -0.25) is 14.6 Å². The number of aromatic hydroxyl groups is 1. The molecule has 0 aliphatic rings. The summed E-state index contributed by atoms with van der Waals surface area (Å²) in [5.74, 6) is -0.880. The molecule has 6 heteroatoms. The van der Waals surface area contributed by atoms with Crippen LogP contribution in [0.5, 0.6) is 5.88 Å². The van der Waals surface area contributed by atoms with Gasteiger partial charge in [0, 0.05) is 12.1 Å². The highest BCUT2D eigenvalue weighted by atomic mass is 35.5. The van der Waals surface area contributed by atoms with Crippen molar-refractivity contribution in [3.63, 3.8) is 0 Å². The van der Waals surface area contributed by atoms with Gasteiger partial charge in [-0.15, -0.1) is 0 Å². The third-order valence-corrected chi connectivity index (χ3v) is 3.06. The van der Waals surface area contributed by atoms with Crippen molar-refractivity contribution in [3.8, 4) is 5.88 Å². The van der Waals surface area contributed by atoms with Gasteiger partial charge in [-0.1, -0.05) is 17.7 Å². The second-order valence-electron chi connectivity index (χ2n) is 4.51. The zero-order chi connectivity index (χ0) is 14.9. The van der Waals surface area contributed by atoms with E-state index in [2.05, 4.69) is 10.3 Å². The highest BCUT2D eigenvalue weighted by Crippen LogP contribution is 2.27. The molecule has 0 spiro atoms. The number of hydrogen-bond acceptors (Lipinski definition) is 3. The highest BCUT2D eigenvalue weighted by molar-refractivity contribution is 6.34. The first-order valence-electron chi connectivity index (χ1n) is 5.88. The summed E-state index contributed by atoms with van der Waals surface area (Å²) < 4.78 is 0. The molecule has 0 fully saturated rings. The summed E-state index contributed by atoms with van der Waals surface area (Å²) in [6.07, 6.45) is 0. The fraction of sp³-hybridized carbons (Fsp3) is 0.143. The van der Waals surface area contributed by atoms with Crippen LogP contribution in [0.15, 0.2) is 29.1 Å². The van der Waals surface area contributed by atoms with Gasteiger partial charge < -0.3 is 10.4 Å². The maximum atomic E-state index is 12.1. The third-order valence-electron chi connectivity index (χ3n) is 2.76. The lowest BCUT2D eigenvalue weighted by Gasteiger charge is -2.11. The molecule has 0 aliphatic heterocycles. The van der Waals surface area contributed by atoms with Crippen LogP contribution in [0.3, 0.4) is 0 Å². The Bertz CT molecular complexity index is 714. The van der Waals surface area contributed by atoms with E-state index in [-0.39, 0.29) is 11.4 Å². The smallest absolute Gasteiger partial charge is 0.256 e. The second-order valence-corrected chi connectivity index (χ2v) is 4.92. The maximum absolute atomic E-state index is 12.1. The first-order valence-corrected chi connectivity index (χ1v) is 6.26. The fourth-order valence-electron chi connectivity index (χ4n) is 1.92. The molecule has 0 bridgehead atoms. The van der Waals surface area contributed by atoms with Crippen molar-refractivity contribution in [2.45, 2.75) is 13.8 Å². The number of halogens is 1. The molecule has 20 heavy (non-hydrogen) atoms. The van der Waals surface area contributed by atoms with Gasteiger partial charge in [0.2, 0.25) is 0 Å². The number of benzene rings is 1. The molecule has 0 aliphatic carbocycles. The Morgan fingerprint density at radius 3 is 2.55 bits per heavy atom. The van der Waals surface area contributed by atoms with E-state index in [9.17, 15) is 14.7 Å². The molecule has 0 unspecified atom stereocenters. The normalized spacial score (nSPS) is 10.3. The van der Waals surface area contributed by atoms with Crippen LogP contribution in [0, 0.1) is 13.8 Å². The van der Waals surface area contributed by atoms with E-state index < -0.39 is 11.5 Å². The Hall–Kier alpha value is -2.27. The average Bonchev–Trinajstić information content (AvgIpc) is 2.32. The number of hydrogen-bond donors (Lipinski definition) is 3. The lowest BCUT2D eigenvalue weighted by atomic mass is 10.1. The molecule has 3 N–H and O–H groups in total. The highest BCUT2D eigenvalue weighted by Gasteiger charge is 2.12. The van der Waals surface area contributed by atoms with Crippen LogP contribution in [0.1, 0.15) is 21.5 Å². The molecule has 1 aromatic carbocycles. The molecule has 0 saturated heterocycles. The van der Waals surface area contributed by atoms with Crippen molar-refractivity contribution >= 4 is 23.2 Å². The molecule has 1 heterocycles. The van der Waals surface area contributed by atoms with E-state index in [1.54, 1.807) is 6.07 Å². The summed E-state index contributed by atoms with van der Waals surface area (Å²) in [5, 5.41) is 12.4. The Balaban J connectivity index is 2.35. The summed E-state index contributed by atoms with van der Waals surface area (Å²) in [4.78, 5) is 25.5. The SMILES string of the molecule is Cc1cc(C)c(NC(=O)c2cc(O)[nH]c(=O)c2)c(Cl)c1. The van der Waals surface area contributed by atoms with E-state index in [0.717, 1.165) is 17.2 Å². The Morgan fingerprint density at radius 1 is 1.25 bits per heavy atom. The molecule has 0 saturated carbocycles. The first-order chi connectivity index (χ1) is 9.36. The van der Waals surface area contributed by atoms with Crippen molar-refractivity contribution in [1.82, 2.24) is 4.98 Å². The second kappa shape index (κ2) is 5.38. The van der Waals surface area contributed by atoms with Gasteiger partial charge in [-0.25, -0.2) is 0 Å². The van der Waals surface area contributed by atoms with Crippen LogP contribution < -0.4 is 10.9 Å². The molecular weight excluding hydrogens is 280 g/mol. The van der Waals surface area contributed by atoms with Crippen LogP contribution in [0.4, 0.5) is 5.69 Å². The predicted molar refractivity (Wildman–Crippen MR) is 77.6 cm³/mol.